The molecular formula is C13H12BrNOS. The highest BCUT2D eigenvalue weighted by Gasteiger charge is 1.96. The third kappa shape index (κ3) is 4.40. The molecule has 88 valence electrons. The predicted octanol–water partition coefficient (Wildman–Crippen LogP) is 4.02. The van der Waals surface area contributed by atoms with Gasteiger partial charge in [-0.2, -0.15) is 0 Å². The standard InChI is InChI=1S/C13H12BrNOS/c14-11-8-12(10-15-9-11)16-6-7-17-13-4-2-1-3-5-13/h1-5,8-10H,6-7H2. The number of pyridine rings is 1. The fourth-order valence-electron chi connectivity index (χ4n) is 1.31. The van der Waals surface area contributed by atoms with Crippen LogP contribution in [0.1, 0.15) is 0 Å². The van der Waals surface area contributed by atoms with Crippen LogP contribution in [0, 0.1) is 0 Å². The Morgan fingerprint density at radius 1 is 1.18 bits per heavy atom. The highest BCUT2D eigenvalue weighted by atomic mass is 79.9. The van der Waals surface area contributed by atoms with Crippen molar-refractivity contribution in [1.82, 2.24) is 4.98 Å². The molecule has 0 saturated heterocycles. The lowest BCUT2D eigenvalue weighted by molar-refractivity contribution is 0.342. The van der Waals surface area contributed by atoms with E-state index in [1.807, 2.05) is 24.3 Å². The summed E-state index contributed by atoms with van der Waals surface area (Å²) in [6.07, 6.45) is 3.46. The summed E-state index contributed by atoms with van der Waals surface area (Å²) in [5, 5.41) is 0. The third-order valence-electron chi connectivity index (χ3n) is 2.04. The Balaban J connectivity index is 1.73. The monoisotopic (exact) mass is 309 g/mol. The summed E-state index contributed by atoms with van der Waals surface area (Å²) in [7, 11) is 0. The average Bonchev–Trinajstić information content (AvgIpc) is 2.36. The number of ether oxygens (including phenoxy) is 1. The van der Waals surface area contributed by atoms with Gasteiger partial charge < -0.3 is 4.74 Å². The van der Waals surface area contributed by atoms with Gasteiger partial charge in [0.25, 0.3) is 0 Å². The number of hydrogen-bond acceptors (Lipinski definition) is 3. The smallest absolute Gasteiger partial charge is 0.138 e. The van der Waals surface area contributed by atoms with Gasteiger partial charge in [0.1, 0.15) is 5.75 Å². The molecule has 0 atom stereocenters. The van der Waals surface area contributed by atoms with E-state index in [9.17, 15) is 0 Å². The van der Waals surface area contributed by atoms with E-state index in [1.54, 1.807) is 24.2 Å². The molecule has 0 unspecified atom stereocenters. The summed E-state index contributed by atoms with van der Waals surface area (Å²) >= 11 is 5.15. The van der Waals surface area contributed by atoms with Gasteiger partial charge in [0, 0.05) is 21.3 Å². The fourth-order valence-corrected chi connectivity index (χ4v) is 2.40. The lowest BCUT2D eigenvalue weighted by Gasteiger charge is -2.05. The molecule has 0 aliphatic rings. The van der Waals surface area contributed by atoms with Crippen molar-refractivity contribution in [3.05, 3.63) is 53.3 Å². The Morgan fingerprint density at radius 3 is 2.76 bits per heavy atom. The highest BCUT2D eigenvalue weighted by molar-refractivity contribution is 9.10. The van der Waals surface area contributed by atoms with Crippen LogP contribution < -0.4 is 4.74 Å². The molecule has 4 heteroatoms. The van der Waals surface area contributed by atoms with Crippen molar-refractivity contribution >= 4 is 27.7 Å². The van der Waals surface area contributed by atoms with Crippen LogP contribution in [0.25, 0.3) is 0 Å². The maximum Gasteiger partial charge on any atom is 0.138 e. The van der Waals surface area contributed by atoms with Crippen molar-refractivity contribution in [1.29, 1.82) is 0 Å². The number of rotatable bonds is 5. The van der Waals surface area contributed by atoms with Gasteiger partial charge in [-0.3, -0.25) is 4.98 Å². The van der Waals surface area contributed by atoms with E-state index in [1.165, 1.54) is 4.90 Å². The second-order valence-electron chi connectivity index (χ2n) is 3.35. The molecule has 0 aliphatic carbocycles. The van der Waals surface area contributed by atoms with Crippen molar-refractivity contribution in [3.63, 3.8) is 0 Å². The molecule has 17 heavy (non-hydrogen) atoms. The quantitative estimate of drug-likeness (QED) is 0.615. The molecule has 2 aromatic rings. The van der Waals surface area contributed by atoms with Gasteiger partial charge in [-0.05, 0) is 34.1 Å². The molecule has 0 bridgehead atoms. The van der Waals surface area contributed by atoms with Gasteiger partial charge in [-0.25, -0.2) is 0 Å². The van der Waals surface area contributed by atoms with Crippen LogP contribution in [0.4, 0.5) is 0 Å². The summed E-state index contributed by atoms with van der Waals surface area (Å²) in [6.45, 7) is 0.678. The molecule has 2 nitrogen and oxygen atoms in total. The molecule has 0 fully saturated rings. The van der Waals surface area contributed by atoms with E-state index in [2.05, 4.69) is 33.0 Å². The maximum atomic E-state index is 5.60. The molecule has 1 heterocycles. The van der Waals surface area contributed by atoms with Crippen LogP contribution >= 0.6 is 27.7 Å². The lowest BCUT2D eigenvalue weighted by Crippen LogP contribution is -2.00. The van der Waals surface area contributed by atoms with E-state index in [0.717, 1.165) is 16.0 Å². The van der Waals surface area contributed by atoms with Crippen molar-refractivity contribution in [2.75, 3.05) is 12.4 Å². The topological polar surface area (TPSA) is 22.1 Å². The maximum absolute atomic E-state index is 5.60. The van der Waals surface area contributed by atoms with E-state index in [4.69, 9.17) is 4.74 Å². The number of hydrogen-bond donors (Lipinski definition) is 0. The van der Waals surface area contributed by atoms with Crippen LogP contribution in [-0.2, 0) is 0 Å². The van der Waals surface area contributed by atoms with Gasteiger partial charge >= 0.3 is 0 Å². The summed E-state index contributed by atoms with van der Waals surface area (Å²) in [4.78, 5) is 5.31. The summed E-state index contributed by atoms with van der Waals surface area (Å²) in [5.41, 5.74) is 0. The van der Waals surface area contributed by atoms with Gasteiger partial charge in [-0.1, -0.05) is 18.2 Å². The minimum Gasteiger partial charge on any atom is -0.491 e. The Labute approximate surface area is 114 Å². The van der Waals surface area contributed by atoms with E-state index in [-0.39, 0.29) is 0 Å². The zero-order chi connectivity index (χ0) is 11.9. The van der Waals surface area contributed by atoms with Gasteiger partial charge in [0.15, 0.2) is 0 Å². The minimum absolute atomic E-state index is 0.678. The van der Waals surface area contributed by atoms with Gasteiger partial charge in [0.05, 0.1) is 12.8 Å². The first-order chi connectivity index (χ1) is 8.34. The SMILES string of the molecule is Brc1cncc(OCCSc2ccccc2)c1. The first kappa shape index (κ1) is 12.5. The zero-order valence-corrected chi connectivity index (χ0v) is 11.6. The average molecular weight is 310 g/mol. The summed E-state index contributed by atoms with van der Waals surface area (Å²) in [6, 6.07) is 12.2. The van der Waals surface area contributed by atoms with Crippen LogP contribution in [0.3, 0.4) is 0 Å². The lowest BCUT2D eigenvalue weighted by atomic mass is 10.4. The minimum atomic E-state index is 0.678. The second kappa shape index (κ2) is 6.67. The van der Waals surface area contributed by atoms with Crippen LogP contribution in [-0.4, -0.2) is 17.3 Å². The van der Waals surface area contributed by atoms with Crippen molar-refractivity contribution in [3.8, 4) is 5.75 Å². The summed E-state index contributed by atoms with van der Waals surface area (Å²) in [5.74, 6) is 1.73. The Hall–Kier alpha value is -1.00. The molecule has 0 spiro atoms. The summed E-state index contributed by atoms with van der Waals surface area (Å²) < 4.78 is 6.53. The normalized spacial score (nSPS) is 10.2. The third-order valence-corrected chi connectivity index (χ3v) is 3.45. The van der Waals surface area contributed by atoms with E-state index >= 15 is 0 Å². The number of nitrogens with zero attached hydrogens (tertiary/aromatic N) is 1. The molecular weight excluding hydrogens is 298 g/mol. The molecule has 0 radical (unpaired) electrons. The first-order valence-electron chi connectivity index (χ1n) is 5.26. The Bertz CT molecular complexity index is 464. The predicted molar refractivity (Wildman–Crippen MR) is 74.6 cm³/mol. The molecule has 2 rings (SSSR count). The van der Waals surface area contributed by atoms with Gasteiger partial charge in [0.2, 0.25) is 0 Å². The number of halogens is 1. The molecule has 0 aliphatic heterocycles. The van der Waals surface area contributed by atoms with Crippen LogP contribution in [0.2, 0.25) is 0 Å². The Kier molecular flexibility index (Phi) is 4.88. The largest absolute Gasteiger partial charge is 0.491 e. The molecule has 0 N–H and O–H groups in total. The first-order valence-corrected chi connectivity index (χ1v) is 7.03. The Morgan fingerprint density at radius 2 is 2.00 bits per heavy atom. The van der Waals surface area contributed by atoms with Gasteiger partial charge in [-0.15, -0.1) is 11.8 Å². The molecule has 0 amide bonds. The number of benzene rings is 1. The molecule has 0 saturated carbocycles. The van der Waals surface area contributed by atoms with Crippen LogP contribution in [0.5, 0.6) is 5.75 Å². The van der Waals surface area contributed by atoms with Crippen molar-refractivity contribution in [2.45, 2.75) is 4.90 Å². The zero-order valence-electron chi connectivity index (χ0n) is 9.17. The second-order valence-corrected chi connectivity index (χ2v) is 5.43. The number of thioether (sulfide) groups is 1. The number of aromatic nitrogens is 1. The molecule has 1 aromatic carbocycles. The van der Waals surface area contributed by atoms with E-state index in [0.29, 0.717) is 6.61 Å². The van der Waals surface area contributed by atoms with Crippen molar-refractivity contribution < 1.29 is 4.74 Å². The molecule has 1 aromatic heterocycles. The fraction of sp³-hybridized carbons (Fsp3) is 0.154. The van der Waals surface area contributed by atoms with Crippen LogP contribution in [0.15, 0.2) is 58.2 Å². The van der Waals surface area contributed by atoms with Crippen molar-refractivity contribution in [2.24, 2.45) is 0 Å². The highest BCUT2D eigenvalue weighted by Crippen LogP contribution is 2.18. The van der Waals surface area contributed by atoms with E-state index < -0.39 is 0 Å².